The van der Waals surface area contributed by atoms with Gasteiger partial charge >= 0.3 is 0 Å². The maximum absolute atomic E-state index is 9.99. The molecule has 0 aliphatic heterocycles. The van der Waals surface area contributed by atoms with Gasteiger partial charge in [0.15, 0.2) is 0 Å². The zero-order valence-electron chi connectivity index (χ0n) is 8.98. The lowest BCUT2D eigenvalue weighted by Crippen LogP contribution is -2.13. The standard InChI is InChI=1S/C11H16ClNO2/c1-8(5-7-15-2)11(14)10-9(12)4-3-6-13-10/h3-4,6,8,11,14H,5,7H2,1-2H3. The minimum absolute atomic E-state index is 0.0809. The molecule has 0 saturated heterocycles. The highest BCUT2D eigenvalue weighted by molar-refractivity contribution is 6.31. The number of pyridine rings is 1. The van der Waals surface area contributed by atoms with Gasteiger partial charge < -0.3 is 9.84 Å². The number of methoxy groups -OCH3 is 1. The number of aliphatic hydroxyl groups is 1. The van der Waals surface area contributed by atoms with Gasteiger partial charge in [-0.2, -0.15) is 0 Å². The van der Waals surface area contributed by atoms with Crippen molar-refractivity contribution in [3.8, 4) is 0 Å². The fourth-order valence-corrected chi connectivity index (χ4v) is 1.58. The van der Waals surface area contributed by atoms with E-state index in [0.717, 1.165) is 6.42 Å². The molecule has 2 atom stereocenters. The van der Waals surface area contributed by atoms with E-state index < -0.39 is 6.10 Å². The molecule has 2 unspecified atom stereocenters. The average Bonchev–Trinajstić information content (AvgIpc) is 2.25. The van der Waals surface area contributed by atoms with Crippen LogP contribution in [0.5, 0.6) is 0 Å². The zero-order valence-corrected chi connectivity index (χ0v) is 9.74. The molecule has 0 radical (unpaired) electrons. The van der Waals surface area contributed by atoms with Gasteiger partial charge in [-0.1, -0.05) is 18.5 Å². The van der Waals surface area contributed by atoms with Crippen molar-refractivity contribution in [1.29, 1.82) is 0 Å². The average molecular weight is 230 g/mol. The third-order valence-electron chi connectivity index (χ3n) is 2.38. The lowest BCUT2D eigenvalue weighted by atomic mass is 9.98. The van der Waals surface area contributed by atoms with E-state index >= 15 is 0 Å². The first-order valence-corrected chi connectivity index (χ1v) is 5.32. The fourth-order valence-electron chi connectivity index (χ4n) is 1.35. The van der Waals surface area contributed by atoms with Crippen molar-refractivity contribution in [3.63, 3.8) is 0 Å². The molecule has 15 heavy (non-hydrogen) atoms. The van der Waals surface area contributed by atoms with Gasteiger partial charge in [0.2, 0.25) is 0 Å². The number of aromatic nitrogens is 1. The summed E-state index contributed by atoms with van der Waals surface area (Å²) in [6.45, 7) is 2.58. The molecule has 0 aliphatic rings. The highest BCUT2D eigenvalue weighted by Gasteiger charge is 2.19. The quantitative estimate of drug-likeness (QED) is 0.844. The Morgan fingerprint density at radius 3 is 2.93 bits per heavy atom. The van der Waals surface area contributed by atoms with Crippen molar-refractivity contribution in [3.05, 3.63) is 29.0 Å². The minimum Gasteiger partial charge on any atom is -0.386 e. The summed E-state index contributed by atoms with van der Waals surface area (Å²) in [5, 5.41) is 10.5. The fraction of sp³-hybridized carbons (Fsp3) is 0.545. The molecule has 0 aliphatic carbocycles. The van der Waals surface area contributed by atoms with E-state index in [-0.39, 0.29) is 5.92 Å². The first-order chi connectivity index (χ1) is 7.16. The van der Waals surface area contributed by atoms with E-state index in [1.165, 1.54) is 0 Å². The molecule has 1 aromatic heterocycles. The van der Waals surface area contributed by atoms with Crippen LogP contribution in [0.2, 0.25) is 5.02 Å². The van der Waals surface area contributed by atoms with Crippen LogP contribution in [-0.2, 0) is 4.74 Å². The van der Waals surface area contributed by atoms with Gasteiger partial charge in [-0.3, -0.25) is 4.98 Å². The number of nitrogens with zero attached hydrogens (tertiary/aromatic N) is 1. The van der Waals surface area contributed by atoms with Crippen molar-refractivity contribution in [2.24, 2.45) is 5.92 Å². The molecule has 1 N–H and O–H groups in total. The lowest BCUT2D eigenvalue weighted by Gasteiger charge is -2.18. The van der Waals surface area contributed by atoms with Gasteiger partial charge in [0, 0.05) is 19.9 Å². The molecule has 0 fully saturated rings. The predicted molar refractivity (Wildman–Crippen MR) is 59.9 cm³/mol. The largest absolute Gasteiger partial charge is 0.386 e. The first-order valence-electron chi connectivity index (χ1n) is 4.94. The van der Waals surface area contributed by atoms with Crippen LogP contribution in [0.3, 0.4) is 0 Å². The number of rotatable bonds is 5. The summed E-state index contributed by atoms with van der Waals surface area (Å²) in [6, 6.07) is 3.48. The molecule has 0 bridgehead atoms. The minimum atomic E-state index is -0.631. The Labute approximate surface area is 95.1 Å². The van der Waals surface area contributed by atoms with E-state index in [4.69, 9.17) is 16.3 Å². The highest BCUT2D eigenvalue weighted by Crippen LogP contribution is 2.27. The SMILES string of the molecule is COCCC(C)C(O)c1ncccc1Cl. The third kappa shape index (κ3) is 3.45. The van der Waals surface area contributed by atoms with E-state index in [0.29, 0.717) is 17.3 Å². The summed E-state index contributed by atoms with van der Waals surface area (Å²) >= 11 is 5.94. The van der Waals surface area contributed by atoms with E-state index in [1.807, 2.05) is 6.92 Å². The van der Waals surface area contributed by atoms with Crippen LogP contribution >= 0.6 is 11.6 Å². The predicted octanol–water partition coefficient (Wildman–Crippen LogP) is 2.44. The summed E-state index contributed by atoms with van der Waals surface area (Å²) in [4.78, 5) is 4.08. The van der Waals surface area contributed by atoms with Crippen LogP contribution in [0.25, 0.3) is 0 Å². The molecule has 0 spiro atoms. The van der Waals surface area contributed by atoms with Crippen LogP contribution in [0, 0.1) is 5.92 Å². The molecule has 1 heterocycles. The van der Waals surface area contributed by atoms with Gasteiger partial charge in [0.25, 0.3) is 0 Å². The van der Waals surface area contributed by atoms with Crippen LogP contribution in [0.4, 0.5) is 0 Å². The number of hydrogen-bond acceptors (Lipinski definition) is 3. The second-order valence-corrected chi connectivity index (χ2v) is 3.98. The molecule has 4 heteroatoms. The van der Waals surface area contributed by atoms with Crippen molar-refractivity contribution >= 4 is 11.6 Å². The number of hydrogen-bond donors (Lipinski definition) is 1. The molecule has 0 amide bonds. The Morgan fingerprint density at radius 2 is 2.33 bits per heavy atom. The molecular formula is C11H16ClNO2. The second kappa shape index (κ2) is 6.05. The second-order valence-electron chi connectivity index (χ2n) is 3.57. The zero-order chi connectivity index (χ0) is 11.3. The highest BCUT2D eigenvalue weighted by atomic mass is 35.5. The van der Waals surface area contributed by atoms with Crippen LogP contribution in [0.15, 0.2) is 18.3 Å². The van der Waals surface area contributed by atoms with Gasteiger partial charge in [-0.25, -0.2) is 0 Å². The summed E-state index contributed by atoms with van der Waals surface area (Å²) < 4.78 is 4.96. The van der Waals surface area contributed by atoms with Crippen molar-refractivity contribution in [2.45, 2.75) is 19.4 Å². The summed E-state index contributed by atoms with van der Waals surface area (Å²) in [6.07, 6.45) is 1.78. The van der Waals surface area contributed by atoms with E-state index in [1.54, 1.807) is 25.4 Å². The Kier molecular flexibility index (Phi) is 5.02. The number of aliphatic hydroxyl groups excluding tert-OH is 1. The van der Waals surface area contributed by atoms with Gasteiger partial charge in [-0.05, 0) is 24.5 Å². The van der Waals surface area contributed by atoms with Crippen LogP contribution in [-0.4, -0.2) is 23.8 Å². The topological polar surface area (TPSA) is 42.4 Å². The van der Waals surface area contributed by atoms with Crippen molar-refractivity contribution < 1.29 is 9.84 Å². The molecule has 3 nitrogen and oxygen atoms in total. The molecule has 84 valence electrons. The molecular weight excluding hydrogens is 214 g/mol. The maximum Gasteiger partial charge on any atom is 0.100 e. The van der Waals surface area contributed by atoms with Gasteiger partial charge in [0.1, 0.15) is 6.10 Å². The number of halogens is 1. The first kappa shape index (κ1) is 12.4. The Bertz CT molecular complexity index is 306. The van der Waals surface area contributed by atoms with E-state index in [9.17, 15) is 5.11 Å². The summed E-state index contributed by atoms with van der Waals surface area (Å²) in [5.74, 6) is 0.0809. The summed E-state index contributed by atoms with van der Waals surface area (Å²) in [5.41, 5.74) is 0.544. The van der Waals surface area contributed by atoms with Crippen LogP contribution < -0.4 is 0 Å². The Hall–Kier alpha value is -0.640. The van der Waals surface area contributed by atoms with Crippen molar-refractivity contribution in [1.82, 2.24) is 4.98 Å². The maximum atomic E-state index is 9.99. The Morgan fingerprint density at radius 1 is 1.60 bits per heavy atom. The molecule has 1 rings (SSSR count). The summed E-state index contributed by atoms with van der Waals surface area (Å²) in [7, 11) is 1.65. The van der Waals surface area contributed by atoms with Crippen LogP contribution in [0.1, 0.15) is 25.1 Å². The smallest absolute Gasteiger partial charge is 0.100 e. The molecule has 1 aromatic rings. The molecule has 0 saturated carbocycles. The van der Waals surface area contributed by atoms with E-state index in [2.05, 4.69) is 4.98 Å². The third-order valence-corrected chi connectivity index (χ3v) is 2.70. The number of ether oxygens (including phenoxy) is 1. The normalized spacial score (nSPS) is 14.9. The van der Waals surface area contributed by atoms with Gasteiger partial charge in [-0.15, -0.1) is 0 Å². The van der Waals surface area contributed by atoms with Crippen molar-refractivity contribution in [2.75, 3.05) is 13.7 Å². The van der Waals surface area contributed by atoms with Gasteiger partial charge in [0.05, 0.1) is 10.7 Å². The monoisotopic (exact) mass is 229 g/mol. The Balaban J connectivity index is 2.67. The lowest BCUT2D eigenvalue weighted by molar-refractivity contribution is 0.0856. The molecule has 0 aromatic carbocycles.